The monoisotopic (exact) mass is 681 g/mol. The molecule has 16 heteroatoms. The molecule has 0 saturated heterocycles. The minimum atomic E-state index is -4.62. The summed E-state index contributed by atoms with van der Waals surface area (Å²) < 4.78 is 71.7. The Morgan fingerprint density at radius 1 is 0.935 bits per heavy atom. The molecule has 4 N–H and O–H groups in total. The lowest BCUT2D eigenvalue weighted by atomic mass is 9.96. The van der Waals surface area contributed by atoms with Gasteiger partial charge in [-0.2, -0.15) is 28.1 Å². The fourth-order valence-electron chi connectivity index (χ4n) is 4.72. The van der Waals surface area contributed by atoms with E-state index in [1.54, 1.807) is 12.1 Å². The Balaban J connectivity index is 1.29. The normalized spacial score (nSPS) is 16.8. The maximum atomic E-state index is 13.0. The number of carbonyl (C=O) groups is 1. The molecular formula is C30H35ClF3N7O4S. The van der Waals surface area contributed by atoms with Crippen LogP contribution < -0.4 is 25.4 Å². The first-order valence-corrected chi connectivity index (χ1v) is 16.5. The molecule has 3 aromatic rings. The summed E-state index contributed by atoms with van der Waals surface area (Å²) in [7, 11) is -4.16. The van der Waals surface area contributed by atoms with Crippen LogP contribution >= 0.6 is 11.6 Å². The van der Waals surface area contributed by atoms with Gasteiger partial charge < -0.3 is 20.7 Å². The van der Waals surface area contributed by atoms with E-state index in [-0.39, 0.29) is 22.2 Å². The number of nitrogens with zero attached hydrogens (tertiary/aromatic N) is 3. The van der Waals surface area contributed by atoms with E-state index in [4.69, 9.17) is 16.3 Å². The van der Waals surface area contributed by atoms with E-state index < -0.39 is 45.7 Å². The summed E-state index contributed by atoms with van der Waals surface area (Å²) in [5, 5.41) is 9.86. The van der Waals surface area contributed by atoms with Gasteiger partial charge in [0.25, 0.3) is 10.0 Å². The van der Waals surface area contributed by atoms with Crippen molar-refractivity contribution in [1.29, 1.82) is 0 Å². The maximum absolute atomic E-state index is 13.0. The van der Waals surface area contributed by atoms with E-state index in [1.807, 2.05) is 12.1 Å². The van der Waals surface area contributed by atoms with Crippen LogP contribution in [0.1, 0.15) is 52.0 Å². The zero-order valence-electron chi connectivity index (χ0n) is 25.5. The predicted octanol–water partition coefficient (Wildman–Crippen LogP) is 5.53. The number of halogens is 4. The van der Waals surface area contributed by atoms with Gasteiger partial charge in [0.1, 0.15) is 0 Å². The zero-order valence-corrected chi connectivity index (χ0v) is 27.0. The van der Waals surface area contributed by atoms with Crippen LogP contribution in [0.4, 0.5) is 30.8 Å². The Hall–Kier alpha value is -3.69. The molecule has 46 heavy (non-hydrogen) atoms. The molecule has 11 nitrogen and oxygen atoms in total. The van der Waals surface area contributed by atoms with Crippen molar-refractivity contribution in [2.24, 2.45) is 10.8 Å². The molecule has 248 valence electrons. The summed E-state index contributed by atoms with van der Waals surface area (Å²) in [5.41, 5.74) is -0.0483. The fraction of sp³-hybridized carbons (Fsp3) is 0.467. The quantitative estimate of drug-likeness (QED) is 0.182. The lowest BCUT2D eigenvalue weighted by Gasteiger charge is -2.22. The molecule has 0 radical (unpaired) electrons. The van der Waals surface area contributed by atoms with E-state index in [1.165, 1.54) is 24.3 Å². The second-order valence-electron chi connectivity index (χ2n) is 12.9. The van der Waals surface area contributed by atoms with Crippen molar-refractivity contribution < 1.29 is 31.1 Å². The highest BCUT2D eigenvalue weighted by atomic mass is 35.5. The third-order valence-corrected chi connectivity index (χ3v) is 9.18. The molecule has 2 aromatic carbocycles. The number of anilines is 3. The van der Waals surface area contributed by atoms with Gasteiger partial charge in [-0.1, -0.05) is 44.5 Å². The van der Waals surface area contributed by atoms with Gasteiger partial charge in [-0.25, -0.2) is 13.1 Å². The molecular weight excluding hydrogens is 647 g/mol. The van der Waals surface area contributed by atoms with Gasteiger partial charge in [-0.05, 0) is 73.1 Å². The predicted molar refractivity (Wildman–Crippen MR) is 166 cm³/mol. The van der Waals surface area contributed by atoms with Crippen molar-refractivity contribution in [2.75, 3.05) is 30.3 Å². The number of alkyl halides is 3. The number of benzene rings is 2. The average molecular weight is 682 g/mol. The molecule has 1 heterocycles. The first kappa shape index (κ1) is 33.7. The van der Waals surface area contributed by atoms with Gasteiger partial charge in [-0.3, -0.25) is 4.79 Å². The number of carbonyl (C=O) groups excluding carboxylic acids is 1. The van der Waals surface area contributed by atoms with Gasteiger partial charge >= 0.3 is 12.2 Å². The number of amides is 1. The van der Waals surface area contributed by atoms with Gasteiger partial charge in [-0.15, -0.1) is 0 Å². The van der Waals surface area contributed by atoms with E-state index in [2.05, 4.69) is 56.4 Å². The van der Waals surface area contributed by atoms with E-state index in [0.29, 0.717) is 36.6 Å². The summed E-state index contributed by atoms with van der Waals surface area (Å²) in [4.78, 5) is 25.1. The smallest absolute Gasteiger partial charge is 0.422 e. The molecule has 2 saturated carbocycles. The third kappa shape index (κ3) is 8.76. The number of aromatic nitrogens is 3. The highest BCUT2D eigenvalue weighted by Gasteiger charge is 2.50. The van der Waals surface area contributed by atoms with Crippen LogP contribution in [0.2, 0.25) is 5.02 Å². The summed E-state index contributed by atoms with van der Waals surface area (Å²) in [6, 6.07) is 12.0. The number of rotatable bonds is 13. The second kappa shape index (κ2) is 12.5. The van der Waals surface area contributed by atoms with Crippen molar-refractivity contribution in [2.45, 2.75) is 63.1 Å². The molecule has 2 aliphatic rings. The minimum absolute atomic E-state index is 0.0161. The summed E-state index contributed by atoms with van der Waals surface area (Å²) in [6.45, 7) is 5.64. The Morgan fingerprint density at radius 2 is 1.57 bits per heavy atom. The van der Waals surface area contributed by atoms with Crippen molar-refractivity contribution in [1.82, 2.24) is 25.0 Å². The maximum Gasteiger partial charge on any atom is 0.422 e. The molecule has 0 unspecified atom stereocenters. The molecule has 5 rings (SSSR count). The van der Waals surface area contributed by atoms with Crippen LogP contribution in [0.15, 0.2) is 53.4 Å². The number of ether oxygens (including phenoxy) is 1. The molecule has 2 fully saturated rings. The van der Waals surface area contributed by atoms with Gasteiger partial charge in [0.2, 0.25) is 17.8 Å². The van der Waals surface area contributed by atoms with Gasteiger partial charge in [0.15, 0.2) is 6.61 Å². The number of nitrogens with one attached hydrogen (secondary N) is 4. The minimum Gasteiger partial charge on any atom is -0.454 e. The van der Waals surface area contributed by atoms with E-state index >= 15 is 0 Å². The molecule has 0 atom stereocenters. The first-order chi connectivity index (χ1) is 21.5. The van der Waals surface area contributed by atoms with Crippen molar-refractivity contribution >= 4 is 45.1 Å². The topological polar surface area (TPSA) is 147 Å². The van der Waals surface area contributed by atoms with E-state index in [0.717, 1.165) is 18.4 Å². The average Bonchev–Trinajstić information content (AvgIpc) is 3.89. The number of hydrogen-bond donors (Lipinski definition) is 4. The Labute approximate surface area is 270 Å². The van der Waals surface area contributed by atoms with Gasteiger partial charge in [0.05, 0.1) is 15.8 Å². The molecule has 0 spiro atoms. The Morgan fingerprint density at radius 3 is 2.13 bits per heavy atom. The number of hydrogen-bond acceptors (Lipinski definition) is 10. The third-order valence-electron chi connectivity index (χ3n) is 7.58. The summed E-state index contributed by atoms with van der Waals surface area (Å²) >= 11 is 6.01. The molecule has 2 aliphatic carbocycles. The van der Waals surface area contributed by atoms with Gasteiger partial charge in [0, 0.05) is 23.8 Å². The van der Waals surface area contributed by atoms with Crippen LogP contribution in [0, 0.1) is 10.8 Å². The Kier molecular flexibility index (Phi) is 9.14. The first-order valence-electron chi connectivity index (χ1n) is 14.6. The molecule has 1 aromatic heterocycles. The lowest BCUT2D eigenvalue weighted by molar-refractivity contribution is -0.154. The van der Waals surface area contributed by atoms with Crippen LogP contribution in [0.3, 0.4) is 0 Å². The standard InChI is InChI=1S/C30H35ClF3N7O4S/c1-27(2,3)16-35-17-28(12-13-28)23(42)41-46(43,44)22-10-8-21(9-11-22)36-24-37-25(39-26(38-24)45-18-30(32,33)34)40-29(14-15-29)19-4-6-20(31)7-5-19/h4-11,35H,12-18H2,1-3H3,(H,41,42)(H2,36,37,38,39,40). The molecule has 0 aliphatic heterocycles. The lowest BCUT2D eigenvalue weighted by Crippen LogP contribution is -2.42. The van der Waals surface area contributed by atoms with Crippen molar-refractivity contribution in [3.8, 4) is 6.01 Å². The highest BCUT2D eigenvalue weighted by Crippen LogP contribution is 2.48. The largest absolute Gasteiger partial charge is 0.454 e. The van der Waals surface area contributed by atoms with Crippen LogP contribution in [0.5, 0.6) is 6.01 Å². The zero-order chi connectivity index (χ0) is 33.4. The van der Waals surface area contributed by atoms with Crippen molar-refractivity contribution in [3.05, 3.63) is 59.1 Å². The summed E-state index contributed by atoms with van der Waals surface area (Å²) in [5.74, 6) is -0.710. The van der Waals surface area contributed by atoms with E-state index in [9.17, 15) is 26.4 Å². The highest BCUT2D eigenvalue weighted by molar-refractivity contribution is 7.90. The fourth-order valence-corrected chi connectivity index (χ4v) is 5.92. The molecule has 0 bridgehead atoms. The second-order valence-corrected chi connectivity index (χ2v) is 15.0. The Bertz CT molecular complexity index is 1670. The van der Waals surface area contributed by atoms with Crippen LogP contribution in [-0.2, 0) is 20.4 Å². The van der Waals surface area contributed by atoms with Crippen LogP contribution in [0.25, 0.3) is 0 Å². The van der Waals surface area contributed by atoms with Crippen molar-refractivity contribution in [3.63, 3.8) is 0 Å². The van der Waals surface area contributed by atoms with Crippen LogP contribution in [-0.4, -0.2) is 55.1 Å². The number of sulfonamides is 1. The molecule has 1 amide bonds. The SMILES string of the molecule is CC(C)(C)CNCC1(C(=O)NS(=O)(=O)c2ccc(Nc3nc(NC4(c5ccc(Cl)cc5)CC4)nc(OCC(F)(F)F)n3)cc2)CC1. The summed E-state index contributed by atoms with van der Waals surface area (Å²) in [6.07, 6.45) is -1.99.